The second kappa shape index (κ2) is 6.62. The van der Waals surface area contributed by atoms with E-state index in [1.165, 1.54) is 10.4 Å². The van der Waals surface area contributed by atoms with Gasteiger partial charge in [-0.15, -0.1) is 0 Å². The Bertz CT molecular complexity index is 606. The monoisotopic (exact) mass is 332 g/mol. The summed E-state index contributed by atoms with van der Waals surface area (Å²) in [5.74, 6) is 0.344. The van der Waals surface area contributed by atoms with Crippen LogP contribution in [0, 0.1) is 5.92 Å². The third kappa shape index (κ3) is 3.40. The Balaban J connectivity index is 2.30. The highest BCUT2D eigenvalue weighted by molar-refractivity contribution is 7.89. The van der Waals surface area contributed by atoms with Crippen LogP contribution in [0.5, 0.6) is 0 Å². The highest BCUT2D eigenvalue weighted by Crippen LogP contribution is 2.29. The minimum absolute atomic E-state index is 0.0874. The van der Waals surface area contributed by atoms with Crippen LogP contribution in [0.25, 0.3) is 0 Å². The molecule has 0 bridgehead atoms. The average molecular weight is 333 g/mol. The lowest BCUT2D eigenvalue weighted by atomic mass is 9.97. The molecular formula is C14H21ClN2O3S. The molecule has 2 N–H and O–H groups in total. The number of hydrogen-bond acceptors (Lipinski definition) is 4. The molecule has 7 heteroatoms. The van der Waals surface area contributed by atoms with Crippen molar-refractivity contribution in [2.24, 2.45) is 11.7 Å². The molecule has 1 aliphatic rings. The van der Waals surface area contributed by atoms with Gasteiger partial charge in [0.15, 0.2) is 0 Å². The Morgan fingerprint density at radius 1 is 1.48 bits per heavy atom. The fourth-order valence-corrected chi connectivity index (χ4v) is 4.56. The van der Waals surface area contributed by atoms with Crippen LogP contribution < -0.4 is 5.73 Å². The summed E-state index contributed by atoms with van der Waals surface area (Å²) >= 11 is 6.12. The number of nitrogens with zero attached hydrogens (tertiary/aromatic N) is 1. The number of piperidine rings is 1. The first-order valence-corrected chi connectivity index (χ1v) is 8.73. The van der Waals surface area contributed by atoms with E-state index in [2.05, 4.69) is 6.92 Å². The molecule has 1 aromatic carbocycles. The minimum atomic E-state index is -3.60. The van der Waals surface area contributed by atoms with Gasteiger partial charge < -0.3 is 10.5 Å². The van der Waals surface area contributed by atoms with Crippen molar-refractivity contribution in [3.8, 4) is 0 Å². The summed E-state index contributed by atoms with van der Waals surface area (Å²) in [6.07, 6.45) is 0.687. The topological polar surface area (TPSA) is 72.6 Å². The molecule has 0 saturated carbocycles. The van der Waals surface area contributed by atoms with E-state index in [1.54, 1.807) is 19.2 Å². The summed E-state index contributed by atoms with van der Waals surface area (Å²) in [5, 5.41) is 0.213. The van der Waals surface area contributed by atoms with Gasteiger partial charge in [0.05, 0.1) is 11.1 Å². The molecule has 1 heterocycles. The van der Waals surface area contributed by atoms with Crippen LogP contribution in [-0.2, 0) is 21.3 Å². The van der Waals surface area contributed by atoms with Gasteiger partial charge in [0.1, 0.15) is 4.90 Å². The van der Waals surface area contributed by atoms with Gasteiger partial charge in [-0.1, -0.05) is 24.6 Å². The molecule has 0 amide bonds. The van der Waals surface area contributed by atoms with Crippen LogP contribution >= 0.6 is 11.6 Å². The van der Waals surface area contributed by atoms with Gasteiger partial charge in [-0.25, -0.2) is 8.42 Å². The second-order valence-corrected chi connectivity index (χ2v) is 7.69. The molecule has 2 atom stereocenters. The summed E-state index contributed by atoms with van der Waals surface area (Å²) in [6, 6.07) is 4.83. The van der Waals surface area contributed by atoms with Crippen molar-refractivity contribution in [3.05, 3.63) is 28.8 Å². The van der Waals surface area contributed by atoms with Crippen LogP contribution in [0.2, 0.25) is 5.02 Å². The molecular weight excluding hydrogens is 312 g/mol. The van der Waals surface area contributed by atoms with Gasteiger partial charge in [-0.3, -0.25) is 0 Å². The zero-order chi connectivity index (χ0) is 15.6. The summed E-state index contributed by atoms with van der Waals surface area (Å²) in [4.78, 5) is 0.130. The van der Waals surface area contributed by atoms with E-state index in [-0.39, 0.29) is 16.0 Å². The maximum atomic E-state index is 12.7. The number of ether oxygens (including phenoxy) is 1. The summed E-state index contributed by atoms with van der Waals surface area (Å²) in [5.41, 5.74) is 6.34. The predicted molar refractivity (Wildman–Crippen MR) is 82.7 cm³/mol. The van der Waals surface area contributed by atoms with Gasteiger partial charge in [0, 0.05) is 26.7 Å². The third-order valence-corrected chi connectivity index (χ3v) is 6.35. The maximum Gasteiger partial charge on any atom is 0.244 e. The van der Waals surface area contributed by atoms with Crippen LogP contribution in [0.3, 0.4) is 0 Å². The molecule has 0 spiro atoms. The first-order chi connectivity index (χ1) is 9.90. The third-order valence-electron chi connectivity index (χ3n) is 4.00. The van der Waals surface area contributed by atoms with Crippen molar-refractivity contribution >= 4 is 21.6 Å². The average Bonchev–Trinajstić information content (AvgIpc) is 2.47. The smallest absolute Gasteiger partial charge is 0.244 e. The number of rotatable bonds is 4. The molecule has 118 valence electrons. The first-order valence-electron chi connectivity index (χ1n) is 6.91. The van der Waals surface area contributed by atoms with Crippen molar-refractivity contribution in [2.45, 2.75) is 30.9 Å². The number of hydrogen-bond donors (Lipinski definition) is 1. The SMILES string of the molecule is COC1CN(S(=O)(=O)c2ccc(CN)cc2Cl)CCC1C. The van der Waals surface area contributed by atoms with Crippen LogP contribution in [0.1, 0.15) is 18.9 Å². The molecule has 1 aromatic rings. The van der Waals surface area contributed by atoms with E-state index in [4.69, 9.17) is 22.1 Å². The van der Waals surface area contributed by atoms with Crippen molar-refractivity contribution in [1.29, 1.82) is 0 Å². The summed E-state index contributed by atoms with van der Waals surface area (Å²) < 4.78 is 32.3. The molecule has 1 fully saturated rings. The lowest BCUT2D eigenvalue weighted by Gasteiger charge is -2.35. The highest BCUT2D eigenvalue weighted by Gasteiger charge is 2.34. The van der Waals surface area contributed by atoms with Crippen LogP contribution in [0.15, 0.2) is 23.1 Å². The van der Waals surface area contributed by atoms with Crippen molar-refractivity contribution in [3.63, 3.8) is 0 Å². The molecule has 2 unspecified atom stereocenters. The van der Waals surface area contributed by atoms with E-state index in [9.17, 15) is 8.42 Å². The number of nitrogens with two attached hydrogens (primary N) is 1. The van der Waals surface area contributed by atoms with E-state index in [0.717, 1.165) is 12.0 Å². The zero-order valence-electron chi connectivity index (χ0n) is 12.3. The Morgan fingerprint density at radius 3 is 2.76 bits per heavy atom. The molecule has 0 aliphatic carbocycles. The van der Waals surface area contributed by atoms with Crippen molar-refractivity contribution in [1.82, 2.24) is 4.31 Å². The predicted octanol–water partition coefficient (Wildman–Crippen LogP) is 1.84. The van der Waals surface area contributed by atoms with Crippen molar-refractivity contribution < 1.29 is 13.2 Å². The van der Waals surface area contributed by atoms with E-state index in [0.29, 0.717) is 25.6 Å². The minimum Gasteiger partial charge on any atom is -0.380 e. The molecule has 21 heavy (non-hydrogen) atoms. The molecule has 1 saturated heterocycles. The normalized spacial score (nSPS) is 24.2. The Morgan fingerprint density at radius 2 is 2.19 bits per heavy atom. The van der Waals surface area contributed by atoms with Gasteiger partial charge >= 0.3 is 0 Å². The zero-order valence-corrected chi connectivity index (χ0v) is 13.8. The van der Waals surface area contributed by atoms with E-state index >= 15 is 0 Å². The van der Waals surface area contributed by atoms with Gasteiger partial charge in [-0.05, 0) is 30.0 Å². The lowest BCUT2D eigenvalue weighted by Crippen LogP contribution is -2.46. The first kappa shape index (κ1) is 16.7. The number of sulfonamides is 1. The standard InChI is InChI=1S/C14H21ClN2O3S/c1-10-5-6-17(9-13(10)20-2)21(18,19)14-4-3-11(8-16)7-12(14)15/h3-4,7,10,13H,5-6,8-9,16H2,1-2H3. The van der Waals surface area contributed by atoms with Crippen LogP contribution in [-0.4, -0.2) is 39.0 Å². The van der Waals surface area contributed by atoms with E-state index < -0.39 is 10.0 Å². The number of benzene rings is 1. The quantitative estimate of drug-likeness (QED) is 0.913. The molecule has 1 aliphatic heterocycles. The molecule has 0 radical (unpaired) electrons. The fraction of sp³-hybridized carbons (Fsp3) is 0.571. The molecule has 0 aromatic heterocycles. The number of methoxy groups -OCH3 is 1. The fourth-order valence-electron chi connectivity index (χ4n) is 2.55. The second-order valence-electron chi connectivity index (χ2n) is 5.37. The van der Waals surface area contributed by atoms with Gasteiger partial charge in [-0.2, -0.15) is 4.31 Å². The van der Waals surface area contributed by atoms with E-state index in [1.807, 2.05) is 0 Å². The van der Waals surface area contributed by atoms with Gasteiger partial charge in [0.2, 0.25) is 10.0 Å². The van der Waals surface area contributed by atoms with Crippen molar-refractivity contribution in [2.75, 3.05) is 20.2 Å². The summed E-state index contributed by atoms with van der Waals surface area (Å²) in [7, 11) is -1.99. The highest BCUT2D eigenvalue weighted by atomic mass is 35.5. The maximum absolute atomic E-state index is 12.7. The largest absolute Gasteiger partial charge is 0.380 e. The lowest BCUT2D eigenvalue weighted by molar-refractivity contribution is 0.0184. The van der Waals surface area contributed by atoms with Crippen LogP contribution in [0.4, 0.5) is 0 Å². The Hall–Kier alpha value is -0.660. The number of halogens is 1. The van der Waals surface area contributed by atoms with Gasteiger partial charge in [0.25, 0.3) is 0 Å². The molecule has 5 nitrogen and oxygen atoms in total. The Labute approximate surface area is 131 Å². The molecule has 2 rings (SSSR count). The summed E-state index contributed by atoms with van der Waals surface area (Å²) in [6.45, 7) is 3.24. The Kier molecular flexibility index (Phi) is 5.27.